The van der Waals surface area contributed by atoms with Gasteiger partial charge < -0.3 is 10.6 Å². The third-order valence-electron chi connectivity index (χ3n) is 3.00. The number of halogens is 1. The van der Waals surface area contributed by atoms with Gasteiger partial charge in [-0.15, -0.1) is 11.3 Å². The lowest BCUT2D eigenvalue weighted by molar-refractivity contribution is -0.114. The highest BCUT2D eigenvalue weighted by Gasteiger charge is 2.11. The second-order valence-electron chi connectivity index (χ2n) is 4.56. The topological polar surface area (TPSA) is 41.1 Å². The number of hydrogen-bond donors (Lipinski definition) is 2. The van der Waals surface area contributed by atoms with Crippen LogP contribution in [0, 0.1) is 5.82 Å². The highest BCUT2D eigenvalue weighted by Crippen LogP contribution is 2.24. The molecule has 106 valence electrons. The van der Waals surface area contributed by atoms with Crippen molar-refractivity contribution in [1.29, 1.82) is 0 Å². The number of carbonyl (C=O) groups excluding carboxylic acids is 1. The van der Waals surface area contributed by atoms with Gasteiger partial charge in [-0.1, -0.05) is 18.2 Å². The van der Waals surface area contributed by atoms with E-state index in [1.165, 1.54) is 13.0 Å². The van der Waals surface area contributed by atoms with Crippen LogP contribution >= 0.6 is 11.3 Å². The van der Waals surface area contributed by atoms with Gasteiger partial charge in [0.05, 0.1) is 5.69 Å². The van der Waals surface area contributed by atoms with Crippen LogP contribution in [0.3, 0.4) is 0 Å². The van der Waals surface area contributed by atoms with E-state index < -0.39 is 0 Å². The first kappa shape index (κ1) is 14.7. The molecule has 20 heavy (non-hydrogen) atoms. The number of thiophene rings is 1. The molecule has 0 saturated carbocycles. The second kappa shape index (κ2) is 6.63. The van der Waals surface area contributed by atoms with Crippen molar-refractivity contribution in [1.82, 2.24) is 5.32 Å². The van der Waals surface area contributed by atoms with Crippen LogP contribution in [0.1, 0.15) is 30.3 Å². The third-order valence-corrected chi connectivity index (χ3v) is 3.92. The van der Waals surface area contributed by atoms with Crippen molar-refractivity contribution in [3.63, 3.8) is 0 Å². The molecule has 1 heterocycles. The lowest BCUT2D eigenvalue weighted by Crippen LogP contribution is -2.19. The summed E-state index contributed by atoms with van der Waals surface area (Å²) in [6, 6.07) is 8.52. The lowest BCUT2D eigenvalue weighted by atomic mass is 10.1. The van der Waals surface area contributed by atoms with Crippen LogP contribution in [0.2, 0.25) is 0 Å². The molecule has 0 aliphatic carbocycles. The lowest BCUT2D eigenvalue weighted by Gasteiger charge is -2.15. The minimum absolute atomic E-state index is 0.0909. The van der Waals surface area contributed by atoms with Gasteiger partial charge in [0.1, 0.15) is 5.82 Å². The third kappa shape index (κ3) is 3.65. The van der Waals surface area contributed by atoms with Gasteiger partial charge >= 0.3 is 0 Å². The fourth-order valence-electron chi connectivity index (χ4n) is 1.96. The number of benzene rings is 1. The maximum atomic E-state index is 13.7. The van der Waals surface area contributed by atoms with E-state index in [1.54, 1.807) is 23.5 Å². The normalized spacial score (nSPS) is 12.2. The fraction of sp³-hybridized carbons (Fsp3) is 0.267. The summed E-state index contributed by atoms with van der Waals surface area (Å²) in [5.74, 6) is -0.299. The van der Waals surface area contributed by atoms with Crippen LogP contribution in [-0.2, 0) is 11.3 Å². The Kier molecular flexibility index (Phi) is 4.87. The van der Waals surface area contributed by atoms with E-state index in [0.29, 0.717) is 12.1 Å². The van der Waals surface area contributed by atoms with E-state index in [4.69, 9.17) is 0 Å². The standard InChI is InChI=1S/C15H17FN2OS/c1-10(12-5-3-4-6-13(12)16)17-9-15-14(7-8-20-15)18-11(2)19/h3-8,10,17H,9H2,1-2H3,(H,18,19). The molecule has 0 radical (unpaired) electrons. The largest absolute Gasteiger partial charge is 0.325 e. The van der Waals surface area contributed by atoms with E-state index in [2.05, 4.69) is 10.6 Å². The minimum atomic E-state index is -0.208. The summed E-state index contributed by atoms with van der Waals surface area (Å²) in [5.41, 5.74) is 1.46. The van der Waals surface area contributed by atoms with Crippen molar-refractivity contribution >= 4 is 22.9 Å². The van der Waals surface area contributed by atoms with Gasteiger partial charge in [-0.2, -0.15) is 0 Å². The number of carbonyl (C=O) groups is 1. The molecule has 0 fully saturated rings. The first-order valence-electron chi connectivity index (χ1n) is 6.39. The predicted molar refractivity (Wildman–Crippen MR) is 80.3 cm³/mol. The Hall–Kier alpha value is -1.72. The Morgan fingerprint density at radius 1 is 1.35 bits per heavy atom. The predicted octanol–water partition coefficient (Wildman–Crippen LogP) is 3.70. The Morgan fingerprint density at radius 3 is 2.80 bits per heavy atom. The Balaban J connectivity index is 2.00. The molecule has 1 unspecified atom stereocenters. The molecule has 0 saturated heterocycles. The van der Waals surface area contributed by atoms with Crippen molar-refractivity contribution in [2.24, 2.45) is 0 Å². The Bertz CT molecular complexity index is 597. The molecule has 2 rings (SSSR count). The fourth-order valence-corrected chi connectivity index (χ4v) is 2.74. The molecule has 1 aromatic carbocycles. The molecule has 0 aliphatic rings. The summed E-state index contributed by atoms with van der Waals surface area (Å²) in [4.78, 5) is 12.1. The molecular weight excluding hydrogens is 275 g/mol. The quantitative estimate of drug-likeness (QED) is 0.882. The first-order chi connectivity index (χ1) is 9.58. The minimum Gasteiger partial charge on any atom is -0.325 e. The molecule has 2 aromatic rings. The number of amides is 1. The Morgan fingerprint density at radius 2 is 2.10 bits per heavy atom. The van der Waals surface area contributed by atoms with Crippen LogP contribution in [0.25, 0.3) is 0 Å². The molecule has 1 amide bonds. The van der Waals surface area contributed by atoms with Crippen LogP contribution in [0.5, 0.6) is 0 Å². The summed E-state index contributed by atoms with van der Waals surface area (Å²) in [6.07, 6.45) is 0. The summed E-state index contributed by atoms with van der Waals surface area (Å²) in [7, 11) is 0. The van der Waals surface area contributed by atoms with Gasteiger partial charge in [0, 0.05) is 30.0 Å². The molecule has 5 heteroatoms. The summed E-state index contributed by atoms with van der Waals surface area (Å²) < 4.78 is 13.7. The van der Waals surface area contributed by atoms with Crippen molar-refractivity contribution in [2.75, 3.05) is 5.32 Å². The number of rotatable bonds is 5. The van der Waals surface area contributed by atoms with Gasteiger partial charge in [0.25, 0.3) is 0 Å². The molecule has 0 spiro atoms. The van der Waals surface area contributed by atoms with Crippen molar-refractivity contribution in [3.8, 4) is 0 Å². The monoisotopic (exact) mass is 292 g/mol. The zero-order valence-electron chi connectivity index (χ0n) is 11.4. The molecule has 3 nitrogen and oxygen atoms in total. The Labute approximate surface area is 121 Å². The SMILES string of the molecule is CC(=O)Nc1ccsc1CNC(C)c1ccccc1F. The first-order valence-corrected chi connectivity index (χ1v) is 7.27. The smallest absolute Gasteiger partial charge is 0.221 e. The zero-order valence-corrected chi connectivity index (χ0v) is 12.3. The van der Waals surface area contributed by atoms with E-state index >= 15 is 0 Å². The number of anilines is 1. The van der Waals surface area contributed by atoms with Crippen LogP contribution in [-0.4, -0.2) is 5.91 Å². The highest BCUT2D eigenvalue weighted by molar-refractivity contribution is 7.10. The van der Waals surface area contributed by atoms with Crippen LogP contribution < -0.4 is 10.6 Å². The molecule has 1 aromatic heterocycles. The van der Waals surface area contributed by atoms with Crippen LogP contribution in [0.15, 0.2) is 35.7 Å². The molecule has 2 N–H and O–H groups in total. The maximum absolute atomic E-state index is 13.7. The van der Waals surface area contributed by atoms with E-state index in [1.807, 2.05) is 24.4 Å². The number of nitrogens with one attached hydrogen (secondary N) is 2. The van der Waals surface area contributed by atoms with Crippen molar-refractivity contribution in [2.45, 2.75) is 26.4 Å². The van der Waals surface area contributed by atoms with Gasteiger partial charge in [-0.25, -0.2) is 4.39 Å². The van der Waals surface area contributed by atoms with Crippen molar-refractivity contribution < 1.29 is 9.18 Å². The molecule has 0 bridgehead atoms. The molecular formula is C15H17FN2OS. The van der Waals surface area contributed by atoms with E-state index in [-0.39, 0.29) is 17.8 Å². The second-order valence-corrected chi connectivity index (χ2v) is 5.56. The zero-order chi connectivity index (χ0) is 14.5. The highest BCUT2D eigenvalue weighted by atomic mass is 32.1. The van der Waals surface area contributed by atoms with E-state index in [9.17, 15) is 9.18 Å². The van der Waals surface area contributed by atoms with Gasteiger partial charge in [0.2, 0.25) is 5.91 Å². The van der Waals surface area contributed by atoms with Gasteiger partial charge in [-0.05, 0) is 24.4 Å². The average Bonchev–Trinajstić information content (AvgIpc) is 2.83. The van der Waals surface area contributed by atoms with Crippen molar-refractivity contribution in [3.05, 3.63) is 52.0 Å². The number of hydrogen-bond acceptors (Lipinski definition) is 3. The molecule has 0 aliphatic heterocycles. The van der Waals surface area contributed by atoms with Gasteiger partial charge in [-0.3, -0.25) is 4.79 Å². The summed E-state index contributed by atoms with van der Waals surface area (Å²) in [6.45, 7) is 3.99. The molecule has 1 atom stereocenters. The average molecular weight is 292 g/mol. The summed E-state index contributed by atoms with van der Waals surface area (Å²) >= 11 is 1.56. The van der Waals surface area contributed by atoms with E-state index in [0.717, 1.165) is 10.6 Å². The summed E-state index contributed by atoms with van der Waals surface area (Å²) in [5, 5.41) is 7.99. The maximum Gasteiger partial charge on any atom is 0.221 e. The van der Waals surface area contributed by atoms with Gasteiger partial charge in [0.15, 0.2) is 0 Å². The van der Waals surface area contributed by atoms with Crippen LogP contribution in [0.4, 0.5) is 10.1 Å².